The van der Waals surface area contributed by atoms with Crippen molar-refractivity contribution in [2.75, 3.05) is 10.6 Å². The maximum atomic E-state index is 11.3. The molecule has 0 radical (unpaired) electrons. The van der Waals surface area contributed by atoms with Gasteiger partial charge >= 0.3 is 0 Å². The van der Waals surface area contributed by atoms with Crippen molar-refractivity contribution in [2.24, 2.45) is 5.84 Å². The van der Waals surface area contributed by atoms with Crippen LogP contribution in [0, 0.1) is 0 Å². The van der Waals surface area contributed by atoms with Crippen LogP contribution in [-0.4, -0.2) is 28.0 Å². The minimum Gasteiger partial charge on any atom is -0.317 e. The highest BCUT2D eigenvalue weighted by Gasteiger charge is 2.10. The van der Waals surface area contributed by atoms with Crippen LogP contribution in [-0.2, 0) is 6.54 Å². The molecule has 0 saturated carbocycles. The van der Waals surface area contributed by atoms with Crippen LogP contribution < -0.4 is 15.6 Å². The van der Waals surface area contributed by atoms with E-state index in [-0.39, 0.29) is 16.4 Å². The van der Waals surface area contributed by atoms with E-state index in [0.717, 1.165) is 11.4 Å². The lowest BCUT2D eigenvalue weighted by molar-refractivity contribution is 0.0948. The number of aromatic nitrogens is 2. The zero-order chi connectivity index (χ0) is 15.2. The van der Waals surface area contributed by atoms with E-state index in [4.69, 9.17) is 5.84 Å². The molecule has 0 spiro atoms. The van der Waals surface area contributed by atoms with Crippen molar-refractivity contribution in [1.82, 2.24) is 15.4 Å². The van der Waals surface area contributed by atoms with Crippen LogP contribution in [0.15, 0.2) is 42.7 Å². The zero-order valence-electron chi connectivity index (χ0n) is 11.7. The Labute approximate surface area is 126 Å². The van der Waals surface area contributed by atoms with Crippen molar-refractivity contribution >= 4 is 28.1 Å². The summed E-state index contributed by atoms with van der Waals surface area (Å²) in [6, 6.07) is 9.99. The number of amides is 1. The number of hydrogen-bond acceptors (Lipinski definition) is 5. The normalized spacial score (nSPS) is 11.7. The predicted octanol–water partition coefficient (Wildman–Crippen LogP) is 1.33. The average Bonchev–Trinajstić information content (AvgIpc) is 2.53. The molecule has 2 rings (SSSR count). The fraction of sp³-hybridized carbons (Fsp3) is 0.143. The molecular formula is C14H17N5OS. The summed E-state index contributed by atoms with van der Waals surface area (Å²) in [7, 11) is -0.204. The molecule has 0 saturated heterocycles. The van der Waals surface area contributed by atoms with Gasteiger partial charge in [0.25, 0.3) is 5.91 Å². The topological polar surface area (TPSA) is 84.1 Å². The summed E-state index contributed by atoms with van der Waals surface area (Å²) in [5.74, 6) is 8.69. The fourth-order valence-electron chi connectivity index (χ4n) is 1.75. The number of para-hydroxylation sites is 1. The molecule has 110 valence electrons. The van der Waals surface area contributed by atoms with E-state index in [1.165, 1.54) is 6.20 Å². The molecule has 3 N–H and O–H groups in total. The van der Waals surface area contributed by atoms with E-state index < -0.39 is 5.91 Å². The average molecular weight is 303 g/mol. The summed E-state index contributed by atoms with van der Waals surface area (Å²) < 4.78 is 2.13. The lowest BCUT2D eigenvalue weighted by Crippen LogP contribution is -2.31. The van der Waals surface area contributed by atoms with Crippen molar-refractivity contribution in [3.05, 3.63) is 54.1 Å². The Balaban J connectivity index is 2.18. The van der Waals surface area contributed by atoms with Crippen LogP contribution in [0.1, 0.15) is 16.2 Å². The molecule has 0 fully saturated rings. The number of anilines is 1. The lowest BCUT2D eigenvalue weighted by Gasteiger charge is -2.25. The maximum absolute atomic E-state index is 11.3. The number of rotatable bonds is 5. The Bertz CT molecular complexity index is 630. The number of carbonyl (C=O) groups excluding carboxylic acids is 1. The molecule has 1 aromatic carbocycles. The molecule has 6 nitrogen and oxygen atoms in total. The van der Waals surface area contributed by atoms with E-state index in [1.54, 1.807) is 6.20 Å². The number of nitrogens with two attached hydrogens (primary N) is 1. The number of nitrogens with one attached hydrogen (secondary N) is 1. The first-order valence-corrected chi connectivity index (χ1v) is 7.98. The SMILES string of the molecule is C=S(C)N(Cc1cnc(C(=O)NN)cn1)c1ccccc1. The van der Waals surface area contributed by atoms with Gasteiger partial charge in [-0.2, -0.15) is 0 Å². The van der Waals surface area contributed by atoms with Crippen LogP contribution in [0.5, 0.6) is 0 Å². The van der Waals surface area contributed by atoms with Crippen LogP contribution in [0.2, 0.25) is 0 Å². The summed E-state index contributed by atoms with van der Waals surface area (Å²) >= 11 is 0. The third-order valence-corrected chi connectivity index (χ3v) is 3.89. The number of nitrogens with zero attached hydrogens (tertiary/aromatic N) is 3. The van der Waals surface area contributed by atoms with Crippen molar-refractivity contribution in [3.8, 4) is 0 Å². The Morgan fingerprint density at radius 2 is 2.05 bits per heavy atom. The van der Waals surface area contributed by atoms with Gasteiger partial charge in [-0.25, -0.2) is 10.8 Å². The van der Waals surface area contributed by atoms with Crippen LogP contribution in [0.3, 0.4) is 0 Å². The molecule has 0 bridgehead atoms. The quantitative estimate of drug-likeness (QED) is 0.377. The summed E-state index contributed by atoms with van der Waals surface area (Å²) in [4.78, 5) is 19.6. The molecular weight excluding hydrogens is 286 g/mol. The van der Waals surface area contributed by atoms with E-state index in [1.807, 2.05) is 42.0 Å². The smallest absolute Gasteiger partial charge is 0.285 e. The molecule has 1 unspecified atom stereocenters. The molecule has 1 amide bonds. The number of benzene rings is 1. The van der Waals surface area contributed by atoms with Gasteiger partial charge in [0.1, 0.15) is 5.69 Å². The largest absolute Gasteiger partial charge is 0.317 e. The van der Waals surface area contributed by atoms with Crippen molar-refractivity contribution < 1.29 is 4.79 Å². The van der Waals surface area contributed by atoms with Gasteiger partial charge in [-0.05, 0) is 18.4 Å². The number of hydrazine groups is 1. The summed E-state index contributed by atoms with van der Waals surface area (Å²) in [5, 5.41) is 0. The van der Waals surface area contributed by atoms with Crippen LogP contribution in [0.4, 0.5) is 5.69 Å². The van der Waals surface area contributed by atoms with E-state index >= 15 is 0 Å². The molecule has 21 heavy (non-hydrogen) atoms. The minimum atomic E-state index is -0.457. The highest BCUT2D eigenvalue weighted by Crippen LogP contribution is 2.25. The van der Waals surface area contributed by atoms with E-state index in [9.17, 15) is 4.79 Å². The Morgan fingerprint density at radius 1 is 1.33 bits per heavy atom. The predicted molar refractivity (Wildman–Crippen MR) is 86.9 cm³/mol. The van der Waals surface area contributed by atoms with Gasteiger partial charge in [-0.15, -0.1) is 10.7 Å². The first kappa shape index (κ1) is 15.1. The van der Waals surface area contributed by atoms with Gasteiger partial charge in [-0.3, -0.25) is 15.2 Å². The third kappa shape index (κ3) is 3.87. The Morgan fingerprint density at radius 3 is 2.57 bits per heavy atom. The molecule has 2 aromatic rings. The summed E-state index contributed by atoms with van der Waals surface area (Å²) in [5.41, 5.74) is 4.05. The molecule has 1 heterocycles. The van der Waals surface area contributed by atoms with Crippen molar-refractivity contribution in [2.45, 2.75) is 6.54 Å². The molecule has 1 aromatic heterocycles. The van der Waals surface area contributed by atoms with Gasteiger partial charge in [0, 0.05) is 5.69 Å². The highest BCUT2D eigenvalue weighted by atomic mass is 32.2. The highest BCUT2D eigenvalue weighted by molar-refractivity contribution is 8.14. The number of hydrogen-bond donors (Lipinski definition) is 2. The first-order chi connectivity index (χ1) is 10.1. The Hall–Kier alpha value is -2.25. The monoisotopic (exact) mass is 303 g/mol. The van der Waals surface area contributed by atoms with Crippen molar-refractivity contribution in [3.63, 3.8) is 0 Å². The van der Waals surface area contributed by atoms with Gasteiger partial charge in [0.15, 0.2) is 0 Å². The molecule has 0 aliphatic rings. The zero-order valence-corrected chi connectivity index (χ0v) is 12.5. The molecule has 0 aliphatic carbocycles. The Kier molecular flexibility index (Phi) is 5.02. The fourth-order valence-corrected chi connectivity index (χ4v) is 2.58. The molecule has 0 aliphatic heterocycles. The van der Waals surface area contributed by atoms with Gasteiger partial charge in [-0.1, -0.05) is 24.1 Å². The first-order valence-electron chi connectivity index (χ1n) is 6.22. The van der Waals surface area contributed by atoms with E-state index in [0.29, 0.717) is 6.54 Å². The third-order valence-electron chi connectivity index (χ3n) is 2.80. The minimum absolute atomic E-state index is 0.192. The summed E-state index contributed by atoms with van der Waals surface area (Å²) in [6.07, 6.45) is 5.03. The maximum Gasteiger partial charge on any atom is 0.285 e. The van der Waals surface area contributed by atoms with Gasteiger partial charge in [0.2, 0.25) is 0 Å². The molecule has 1 atom stereocenters. The van der Waals surface area contributed by atoms with E-state index in [2.05, 4.69) is 20.1 Å². The van der Waals surface area contributed by atoms with Crippen LogP contribution >= 0.6 is 10.7 Å². The second-order valence-corrected chi connectivity index (χ2v) is 5.98. The number of nitrogen functional groups attached to an aromatic ring is 1. The lowest BCUT2D eigenvalue weighted by atomic mass is 10.3. The second kappa shape index (κ2) is 6.96. The summed E-state index contributed by atoms with van der Waals surface area (Å²) in [6.45, 7) is 0.574. The number of carbonyl (C=O) groups is 1. The van der Waals surface area contributed by atoms with Crippen LogP contribution in [0.25, 0.3) is 0 Å². The second-order valence-electron chi connectivity index (χ2n) is 4.34. The standard InChI is InChI=1S/C14H17N5OS/c1-21(2)19(12-6-4-3-5-7-12)10-11-8-17-13(9-16-11)14(20)18-15/h3-9H,1,10,15H2,2H3,(H,18,20). The molecule has 7 heteroatoms. The van der Waals surface area contributed by atoms with Gasteiger partial charge in [0.05, 0.1) is 24.6 Å². The van der Waals surface area contributed by atoms with Gasteiger partial charge < -0.3 is 4.31 Å². The van der Waals surface area contributed by atoms with Crippen molar-refractivity contribution in [1.29, 1.82) is 0 Å².